The van der Waals surface area contributed by atoms with Gasteiger partial charge in [-0.05, 0) is 23.6 Å². The molecule has 2 aromatic rings. The Kier molecular flexibility index (Phi) is 5.25. The third-order valence-corrected chi connectivity index (χ3v) is 5.17. The maximum atomic E-state index is 11.2. The number of nitrogens with zero attached hydrogens (tertiary/aromatic N) is 1. The molecular weight excluding hydrogens is 330 g/mol. The van der Waals surface area contributed by atoms with Crippen molar-refractivity contribution in [3.05, 3.63) is 69.8 Å². The lowest BCUT2D eigenvalue weighted by atomic mass is 9.78. The molecule has 6 nitrogen and oxygen atoms in total. The van der Waals surface area contributed by atoms with Gasteiger partial charge in [0.25, 0.3) is 5.69 Å². The molecule has 0 aliphatic carbocycles. The summed E-state index contributed by atoms with van der Waals surface area (Å²) in [5.74, 6) is 0. The molecular formula is C20H25N3O3. The van der Waals surface area contributed by atoms with Gasteiger partial charge in [0.05, 0.1) is 11.5 Å². The second-order valence-electron chi connectivity index (χ2n) is 7.53. The molecule has 0 spiro atoms. The lowest BCUT2D eigenvalue weighted by Crippen LogP contribution is -2.44. The van der Waals surface area contributed by atoms with Crippen LogP contribution in [0.5, 0.6) is 0 Å². The van der Waals surface area contributed by atoms with Crippen LogP contribution in [0.1, 0.15) is 37.4 Å². The molecule has 1 aliphatic rings. The zero-order valence-corrected chi connectivity index (χ0v) is 15.1. The Bertz CT molecular complexity index is 777. The van der Waals surface area contributed by atoms with Gasteiger partial charge >= 0.3 is 0 Å². The molecule has 0 amide bonds. The van der Waals surface area contributed by atoms with E-state index in [-0.39, 0.29) is 34.7 Å². The third kappa shape index (κ3) is 3.86. The van der Waals surface area contributed by atoms with Gasteiger partial charge in [-0.3, -0.25) is 10.1 Å². The highest BCUT2D eigenvalue weighted by atomic mass is 16.6. The fourth-order valence-corrected chi connectivity index (χ4v) is 3.35. The predicted molar refractivity (Wildman–Crippen MR) is 102 cm³/mol. The summed E-state index contributed by atoms with van der Waals surface area (Å²) < 4.78 is 0. The molecule has 138 valence electrons. The molecule has 26 heavy (non-hydrogen) atoms. The molecule has 0 saturated heterocycles. The summed E-state index contributed by atoms with van der Waals surface area (Å²) in [5, 5.41) is 27.9. The van der Waals surface area contributed by atoms with Gasteiger partial charge in [0.2, 0.25) is 0 Å². The summed E-state index contributed by atoms with van der Waals surface area (Å²) in [6, 6.07) is 15.1. The van der Waals surface area contributed by atoms with Crippen molar-refractivity contribution >= 4 is 11.4 Å². The van der Waals surface area contributed by atoms with Gasteiger partial charge in [-0.1, -0.05) is 44.2 Å². The van der Waals surface area contributed by atoms with Crippen molar-refractivity contribution in [2.75, 3.05) is 11.9 Å². The highest BCUT2D eigenvalue weighted by Gasteiger charge is 2.36. The third-order valence-electron chi connectivity index (χ3n) is 5.17. The summed E-state index contributed by atoms with van der Waals surface area (Å²) >= 11 is 0. The molecule has 2 aromatic carbocycles. The predicted octanol–water partition coefficient (Wildman–Crippen LogP) is 3.63. The number of aliphatic hydroxyl groups is 1. The minimum absolute atomic E-state index is 0.0258. The normalized spacial score (nSPS) is 19.5. The number of rotatable bonds is 6. The Hall–Kier alpha value is -2.44. The Labute approximate surface area is 153 Å². The number of non-ortho nitro benzene ring substituents is 1. The lowest BCUT2D eigenvalue weighted by Gasteiger charge is -2.41. The van der Waals surface area contributed by atoms with Crippen molar-refractivity contribution in [3.8, 4) is 0 Å². The summed E-state index contributed by atoms with van der Waals surface area (Å²) in [6.45, 7) is 4.79. The largest absolute Gasteiger partial charge is 0.396 e. The molecule has 0 radical (unpaired) electrons. The van der Waals surface area contributed by atoms with E-state index >= 15 is 0 Å². The van der Waals surface area contributed by atoms with E-state index in [9.17, 15) is 15.2 Å². The van der Waals surface area contributed by atoms with Crippen molar-refractivity contribution in [2.45, 2.75) is 38.9 Å². The quantitative estimate of drug-likeness (QED) is 0.544. The topological polar surface area (TPSA) is 87.4 Å². The number of nitrogens with one attached hydrogen (secondary N) is 2. The number of benzene rings is 2. The summed E-state index contributed by atoms with van der Waals surface area (Å²) in [6.07, 6.45) is 0.745. The SMILES string of the molecule is CC(C)(CO)C1CC(NCc2ccccc2)c2cc([N+](=O)[O-])ccc2N1. The van der Waals surface area contributed by atoms with Crippen LogP contribution >= 0.6 is 0 Å². The van der Waals surface area contributed by atoms with Gasteiger partial charge in [0.1, 0.15) is 0 Å². The van der Waals surface area contributed by atoms with Crippen LogP contribution < -0.4 is 10.6 Å². The number of fused-ring (bicyclic) bond motifs is 1. The smallest absolute Gasteiger partial charge is 0.269 e. The highest BCUT2D eigenvalue weighted by Crippen LogP contribution is 2.40. The van der Waals surface area contributed by atoms with E-state index in [0.717, 1.165) is 23.2 Å². The number of hydrogen-bond acceptors (Lipinski definition) is 5. The van der Waals surface area contributed by atoms with Crippen LogP contribution in [0.3, 0.4) is 0 Å². The van der Waals surface area contributed by atoms with Crippen molar-refractivity contribution in [3.63, 3.8) is 0 Å². The van der Waals surface area contributed by atoms with Crippen LogP contribution in [0.4, 0.5) is 11.4 Å². The Morgan fingerprint density at radius 3 is 2.65 bits per heavy atom. The second-order valence-corrected chi connectivity index (χ2v) is 7.53. The Balaban J connectivity index is 1.89. The van der Waals surface area contributed by atoms with E-state index in [0.29, 0.717) is 6.54 Å². The van der Waals surface area contributed by atoms with E-state index in [2.05, 4.69) is 22.8 Å². The van der Waals surface area contributed by atoms with Crippen molar-refractivity contribution < 1.29 is 10.0 Å². The van der Waals surface area contributed by atoms with Gasteiger partial charge in [-0.2, -0.15) is 0 Å². The summed E-state index contributed by atoms with van der Waals surface area (Å²) in [7, 11) is 0. The molecule has 2 atom stereocenters. The number of aliphatic hydroxyl groups excluding tert-OH is 1. The number of nitro groups is 1. The Morgan fingerprint density at radius 2 is 2.00 bits per heavy atom. The van der Waals surface area contributed by atoms with E-state index in [1.54, 1.807) is 12.1 Å². The van der Waals surface area contributed by atoms with Gasteiger partial charge in [-0.15, -0.1) is 0 Å². The van der Waals surface area contributed by atoms with Gasteiger partial charge < -0.3 is 15.7 Å². The van der Waals surface area contributed by atoms with Crippen molar-refractivity contribution in [2.24, 2.45) is 5.41 Å². The maximum absolute atomic E-state index is 11.2. The van der Waals surface area contributed by atoms with Crippen molar-refractivity contribution in [1.29, 1.82) is 0 Å². The first kappa shape index (κ1) is 18.4. The number of anilines is 1. The fourth-order valence-electron chi connectivity index (χ4n) is 3.35. The minimum Gasteiger partial charge on any atom is -0.396 e. The van der Waals surface area contributed by atoms with Crippen LogP contribution in [0.25, 0.3) is 0 Å². The first-order valence-electron chi connectivity index (χ1n) is 8.84. The number of hydrogen-bond donors (Lipinski definition) is 3. The molecule has 0 bridgehead atoms. The molecule has 0 saturated carbocycles. The molecule has 1 aliphatic heterocycles. The van der Waals surface area contributed by atoms with Crippen LogP contribution in [0.2, 0.25) is 0 Å². The first-order valence-corrected chi connectivity index (χ1v) is 8.84. The van der Waals surface area contributed by atoms with Gasteiger partial charge in [-0.25, -0.2) is 0 Å². The molecule has 6 heteroatoms. The zero-order chi connectivity index (χ0) is 18.7. The standard InChI is InChI=1S/C20H25N3O3/c1-20(2,13-24)19-11-18(21-12-14-6-4-3-5-7-14)16-10-15(23(25)26)8-9-17(16)22-19/h3-10,18-19,21-22,24H,11-13H2,1-2H3. The van der Waals surface area contributed by atoms with Crippen LogP contribution in [-0.4, -0.2) is 22.7 Å². The van der Waals surface area contributed by atoms with E-state index in [1.165, 1.54) is 6.07 Å². The summed E-state index contributed by atoms with van der Waals surface area (Å²) in [5.41, 5.74) is 2.75. The zero-order valence-electron chi connectivity index (χ0n) is 15.1. The van der Waals surface area contributed by atoms with Gasteiger partial charge in [0, 0.05) is 41.9 Å². The van der Waals surface area contributed by atoms with Crippen LogP contribution in [0, 0.1) is 15.5 Å². The molecule has 0 aromatic heterocycles. The lowest BCUT2D eigenvalue weighted by molar-refractivity contribution is -0.384. The summed E-state index contributed by atoms with van der Waals surface area (Å²) in [4.78, 5) is 10.8. The average molecular weight is 355 g/mol. The molecule has 3 rings (SSSR count). The molecule has 0 fully saturated rings. The average Bonchev–Trinajstić information content (AvgIpc) is 2.66. The highest BCUT2D eigenvalue weighted by molar-refractivity contribution is 5.60. The second kappa shape index (κ2) is 7.43. The van der Waals surface area contributed by atoms with Crippen LogP contribution in [0.15, 0.2) is 48.5 Å². The van der Waals surface area contributed by atoms with E-state index in [1.807, 2.05) is 32.0 Å². The fraction of sp³-hybridized carbons (Fsp3) is 0.400. The molecule has 1 heterocycles. The minimum atomic E-state index is -0.363. The number of nitro benzene ring substituents is 1. The first-order chi connectivity index (χ1) is 12.4. The van der Waals surface area contributed by atoms with E-state index < -0.39 is 0 Å². The molecule has 3 N–H and O–H groups in total. The van der Waals surface area contributed by atoms with Crippen molar-refractivity contribution in [1.82, 2.24) is 5.32 Å². The van der Waals surface area contributed by atoms with Gasteiger partial charge in [0.15, 0.2) is 0 Å². The van der Waals surface area contributed by atoms with Crippen LogP contribution in [-0.2, 0) is 6.54 Å². The molecule has 2 unspecified atom stereocenters. The Morgan fingerprint density at radius 1 is 1.27 bits per heavy atom. The monoisotopic (exact) mass is 355 g/mol. The maximum Gasteiger partial charge on any atom is 0.269 e. The van der Waals surface area contributed by atoms with E-state index in [4.69, 9.17) is 0 Å².